The fourth-order valence-electron chi connectivity index (χ4n) is 2.66. The van der Waals surface area contributed by atoms with Crippen molar-refractivity contribution in [1.82, 2.24) is 15.2 Å². The first-order chi connectivity index (χ1) is 13.6. The highest BCUT2D eigenvalue weighted by Gasteiger charge is 2.19. The van der Waals surface area contributed by atoms with Crippen LogP contribution >= 0.6 is 11.3 Å². The first kappa shape index (κ1) is 21.9. The van der Waals surface area contributed by atoms with Crippen LogP contribution in [0.4, 0.5) is 0 Å². The van der Waals surface area contributed by atoms with Crippen molar-refractivity contribution in [3.05, 3.63) is 45.9 Å². The average molecular weight is 404 g/mol. The van der Waals surface area contributed by atoms with Crippen molar-refractivity contribution in [2.45, 2.75) is 46.1 Å². The van der Waals surface area contributed by atoms with Crippen LogP contribution in [0, 0.1) is 0 Å². The number of hydrogen-bond donors (Lipinski definition) is 1. The Morgan fingerprint density at radius 3 is 2.71 bits per heavy atom. The zero-order valence-corrected chi connectivity index (χ0v) is 17.7. The molecular formula is C21H29N3O3S. The second-order valence-corrected chi connectivity index (χ2v) is 7.49. The largest absolute Gasteiger partial charge is 0.497 e. The molecule has 7 heteroatoms. The molecule has 28 heavy (non-hydrogen) atoms. The molecule has 0 atom stereocenters. The molecule has 0 aliphatic rings. The number of thiazole rings is 1. The van der Waals surface area contributed by atoms with Crippen LogP contribution in [0.1, 0.15) is 65.4 Å². The first-order valence-electron chi connectivity index (χ1n) is 9.75. The van der Waals surface area contributed by atoms with Gasteiger partial charge in [-0.3, -0.25) is 9.59 Å². The van der Waals surface area contributed by atoms with E-state index in [1.54, 1.807) is 29.5 Å². The molecule has 6 nitrogen and oxygen atoms in total. The molecule has 0 bridgehead atoms. The fourth-order valence-corrected chi connectivity index (χ4v) is 3.45. The van der Waals surface area contributed by atoms with Gasteiger partial charge in [-0.1, -0.05) is 32.8 Å². The Labute approximate surface area is 170 Å². The topological polar surface area (TPSA) is 71.5 Å². The van der Waals surface area contributed by atoms with Crippen molar-refractivity contribution < 1.29 is 14.3 Å². The summed E-state index contributed by atoms with van der Waals surface area (Å²) in [5.41, 5.74) is 1.00. The lowest BCUT2D eigenvalue weighted by Gasteiger charge is -2.21. The van der Waals surface area contributed by atoms with Gasteiger partial charge in [0.15, 0.2) is 0 Å². The van der Waals surface area contributed by atoms with Crippen LogP contribution in [0.3, 0.4) is 0 Å². The van der Waals surface area contributed by atoms with Gasteiger partial charge in [-0.25, -0.2) is 4.98 Å². The van der Waals surface area contributed by atoms with Crippen molar-refractivity contribution in [1.29, 1.82) is 0 Å². The van der Waals surface area contributed by atoms with Gasteiger partial charge in [0.05, 0.1) is 13.7 Å². The predicted molar refractivity (Wildman–Crippen MR) is 112 cm³/mol. The number of methoxy groups -OCH3 is 1. The Balaban J connectivity index is 2.09. The zero-order chi connectivity index (χ0) is 20.4. The lowest BCUT2D eigenvalue weighted by atomic mass is 10.1. The molecule has 0 aliphatic carbocycles. The summed E-state index contributed by atoms with van der Waals surface area (Å²) < 4.78 is 5.23. The normalized spacial score (nSPS) is 10.5. The zero-order valence-electron chi connectivity index (χ0n) is 16.9. The van der Waals surface area contributed by atoms with Crippen LogP contribution in [0.25, 0.3) is 0 Å². The summed E-state index contributed by atoms with van der Waals surface area (Å²) in [5, 5.41) is 5.38. The fraction of sp³-hybridized carbons (Fsp3) is 0.476. The number of nitrogens with one attached hydrogen (secondary N) is 1. The summed E-state index contributed by atoms with van der Waals surface area (Å²) in [4.78, 5) is 31.4. The standard InChI is InChI=1S/C21H29N3O3S/c1-4-6-11-22-20(25)18-15-28-19(23-18)14-24(12-7-5-2)21(26)16-9-8-10-17(13-16)27-3/h8-10,13,15H,4-7,11-12,14H2,1-3H3,(H,22,25). The highest BCUT2D eigenvalue weighted by molar-refractivity contribution is 7.09. The van der Waals surface area contributed by atoms with E-state index in [0.29, 0.717) is 36.6 Å². The minimum absolute atomic E-state index is 0.0588. The van der Waals surface area contributed by atoms with Crippen molar-refractivity contribution in [2.24, 2.45) is 0 Å². The van der Waals surface area contributed by atoms with Crippen LogP contribution in [-0.2, 0) is 6.54 Å². The van der Waals surface area contributed by atoms with Crippen molar-refractivity contribution in [2.75, 3.05) is 20.2 Å². The Hall–Kier alpha value is -2.41. The summed E-state index contributed by atoms with van der Waals surface area (Å²) in [6.07, 6.45) is 3.88. The van der Waals surface area contributed by atoms with Crippen LogP contribution in [0.5, 0.6) is 5.75 Å². The molecule has 2 aromatic rings. The molecule has 0 aliphatic heterocycles. The van der Waals surface area contributed by atoms with E-state index < -0.39 is 0 Å². The Bertz CT molecular complexity index is 776. The highest BCUT2D eigenvalue weighted by atomic mass is 32.1. The molecule has 1 heterocycles. The highest BCUT2D eigenvalue weighted by Crippen LogP contribution is 2.18. The van der Waals surface area contributed by atoms with Gasteiger partial charge in [0.25, 0.3) is 11.8 Å². The predicted octanol–water partition coefficient (Wildman–Crippen LogP) is 4.12. The molecule has 152 valence electrons. The van der Waals surface area contributed by atoms with Gasteiger partial charge in [0, 0.05) is 24.0 Å². The van der Waals surface area contributed by atoms with Gasteiger partial charge < -0.3 is 15.0 Å². The Kier molecular flexibility index (Phi) is 8.94. The van der Waals surface area contributed by atoms with E-state index >= 15 is 0 Å². The number of ether oxygens (including phenoxy) is 1. The van der Waals surface area contributed by atoms with Crippen LogP contribution in [-0.4, -0.2) is 41.9 Å². The number of amides is 2. The van der Waals surface area contributed by atoms with Crippen LogP contribution in [0.15, 0.2) is 29.6 Å². The van der Waals surface area contributed by atoms with Crippen molar-refractivity contribution in [3.8, 4) is 5.75 Å². The van der Waals surface area contributed by atoms with Gasteiger partial charge in [0.2, 0.25) is 0 Å². The molecule has 1 N–H and O–H groups in total. The second-order valence-electron chi connectivity index (χ2n) is 6.55. The van der Waals surface area contributed by atoms with E-state index in [0.717, 1.165) is 30.7 Å². The van der Waals surface area contributed by atoms with Crippen LogP contribution < -0.4 is 10.1 Å². The molecule has 2 amide bonds. The average Bonchev–Trinajstić information content (AvgIpc) is 3.19. The van der Waals surface area contributed by atoms with Crippen molar-refractivity contribution in [3.63, 3.8) is 0 Å². The van der Waals surface area contributed by atoms with Gasteiger partial charge in [-0.2, -0.15) is 0 Å². The molecule has 0 spiro atoms. The third kappa shape index (κ3) is 6.34. The number of hydrogen-bond acceptors (Lipinski definition) is 5. The number of unbranched alkanes of at least 4 members (excludes halogenated alkanes) is 2. The Morgan fingerprint density at radius 2 is 2.00 bits per heavy atom. The monoisotopic (exact) mass is 403 g/mol. The van der Waals surface area contributed by atoms with Gasteiger partial charge in [-0.05, 0) is 31.0 Å². The molecule has 0 saturated heterocycles. The Morgan fingerprint density at radius 1 is 1.21 bits per heavy atom. The number of carbonyl (C=O) groups excluding carboxylic acids is 2. The van der Waals surface area contributed by atoms with Gasteiger partial charge in [-0.15, -0.1) is 11.3 Å². The molecule has 2 rings (SSSR count). The number of rotatable bonds is 11. The lowest BCUT2D eigenvalue weighted by molar-refractivity contribution is 0.0740. The van der Waals surface area contributed by atoms with E-state index in [1.807, 2.05) is 12.1 Å². The first-order valence-corrected chi connectivity index (χ1v) is 10.6. The number of carbonyl (C=O) groups is 2. The van der Waals surface area contributed by atoms with E-state index in [-0.39, 0.29) is 11.8 Å². The van der Waals surface area contributed by atoms with Crippen LogP contribution in [0.2, 0.25) is 0 Å². The number of aromatic nitrogens is 1. The van der Waals surface area contributed by atoms with E-state index in [2.05, 4.69) is 24.1 Å². The SMILES string of the molecule is CCCCNC(=O)c1csc(CN(CCCC)C(=O)c2cccc(OC)c2)n1. The number of nitrogens with zero attached hydrogens (tertiary/aromatic N) is 2. The summed E-state index contributed by atoms with van der Waals surface area (Å²) in [7, 11) is 1.58. The summed E-state index contributed by atoms with van der Waals surface area (Å²) >= 11 is 1.41. The van der Waals surface area contributed by atoms with E-state index in [9.17, 15) is 9.59 Å². The quantitative estimate of drug-likeness (QED) is 0.573. The molecule has 0 radical (unpaired) electrons. The van der Waals surface area contributed by atoms with Gasteiger partial charge in [0.1, 0.15) is 16.5 Å². The molecule has 0 fully saturated rings. The smallest absolute Gasteiger partial charge is 0.270 e. The molecule has 0 saturated carbocycles. The third-order valence-corrected chi connectivity index (χ3v) is 5.15. The molecule has 1 aromatic heterocycles. The number of benzene rings is 1. The van der Waals surface area contributed by atoms with E-state index in [1.165, 1.54) is 11.3 Å². The lowest BCUT2D eigenvalue weighted by Crippen LogP contribution is -2.31. The molecule has 1 aromatic carbocycles. The van der Waals surface area contributed by atoms with Crippen molar-refractivity contribution >= 4 is 23.2 Å². The minimum Gasteiger partial charge on any atom is -0.497 e. The molecule has 0 unspecified atom stereocenters. The van der Waals surface area contributed by atoms with E-state index in [4.69, 9.17) is 4.74 Å². The molecular weight excluding hydrogens is 374 g/mol. The maximum atomic E-state index is 13.0. The maximum absolute atomic E-state index is 13.0. The minimum atomic E-state index is -0.157. The second kappa shape index (κ2) is 11.4. The summed E-state index contributed by atoms with van der Waals surface area (Å²) in [6.45, 7) is 5.86. The summed E-state index contributed by atoms with van der Waals surface area (Å²) in [6, 6.07) is 7.16. The maximum Gasteiger partial charge on any atom is 0.270 e. The van der Waals surface area contributed by atoms with Gasteiger partial charge >= 0.3 is 0 Å². The summed E-state index contributed by atoms with van der Waals surface area (Å²) in [5.74, 6) is 0.438. The third-order valence-electron chi connectivity index (χ3n) is 4.31.